The summed E-state index contributed by atoms with van der Waals surface area (Å²) < 4.78 is 5.71. The first-order chi connectivity index (χ1) is 12.2. The first-order valence-corrected chi connectivity index (χ1v) is 9.06. The number of hydrogen-bond acceptors (Lipinski definition) is 5. The number of nitrogens with zero attached hydrogens (tertiary/aromatic N) is 3. The number of fused-ring (bicyclic) bond motifs is 4. The van der Waals surface area contributed by atoms with Crippen LogP contribution in [0.4, 0.5) is 0 Å². The standard InChI is InChI=1S/C19H22N4O2/c1-12-4-5-15-14(9-12)17-18(25-15)19(24)21-16(20-17)11-22-7-8-23-6-2-3-13(23)10-22/h4-5,9,13H,2-3,6-8,10-11H2,1H3,(H,20,21,24)/t13-/m0/s1. The number of hydrogen-bond donors (Lipinski definition) is 1. The molecule has 1 atom stereocenters. The Bertz CT molecular complexity index is 1010. The van der Waals surface area contributed by atoms with Crippen LogP contribution in [0, 0.1) is 6.92 Å². The Morgan fingerprint density at radius 2 is 2.24 bits per heavy atom. The average molecular weight is 338 g/mol. The highest BCUT2D eigenvalue weighted by molar-refractivity contribution is 6.02. The van der Waals surface area contributed by atoms with Gasteiger partial charge in [-0.25, -0.2) is 4.98 Å². The molecule has 2 aliphatic rings. The number of aryl methyl sites for hydroxylation is 1. The zero-order chi connectivity index (χ0) is 17.0. The molecule has 2 aliphatic heterocycles. The molecule has 0 spiro atoms. The van der Waals surface area contributed by atoms with E-state index < -0.39 is 0 Å². The first-order valence-electron chi connectivity index (χ1n) is 9.06. The lowest BCUT2D eigenvalue weighted by Gasteiger charge is -2.37. The second-order valence-electron chi connectivity index (χ2n) is 7.36. The van der Waals surface area contributed by atoms with Gasteiger partial charge < -0.3 is 9.40 Å². The van der Waals surface area contributed by atoms with Crippen LogP contribution >= 0.6 is 0 Å². The highest BCUT2D eigenvalue weighted by atomic mass is 16.3. The summed E-state index contributed by atoms with van der Waals surface area (Å²) in [6.07, 6.45) is 2.59. The van der Waals surface area contributed by atoms with E-state index in [1.807, 2.05) is 25.1 Å². The summed E-state index contributed by atoms with van der Waals surface area (Å²) in [5, 5.41) is 0.919. The van der Waals surface area contributed by atoms with E-state index in [0.29, 0.717) is 23.7 Å². The fraction of sp³-hybridized carbons (Fsp3) is 0.474. The Labute approximate surface area is 145 Å². The predicted octanol–water partition coefficient (Wildman–Crippen LogP) is 2.26. The number of H-pyrrole nitrogens is 1. The maximum absolute atomic E-state index is 12.5. The van der Waals surface area contributed by atoms with Crippen molar-refractivity contribution in [2.45, 2.75) is 32.4 Å². The van der Waals surface area contributed by atoms with Gasteiger partial charge in [-0.2, -0.15) is 0 Å². The lowest BCUT2D eigenvalue weighted by molar-refractivity contribution is 0.0974. The third-order valence-electron chi connectivity index (χ3n) is 5.57. The second-order valence-corrected chi connectivity index (χ2v) is 7.36. The molecular formula is C19H22N4O2. The van der Waals surface area contributed by atoms with E-state index >= 15 is 0 Å². The molecule has 5 rings (SSSR count). The second kappa shape index (κ2) is 5.68. The number of aromatic nitrogens is 2. The molecule has 0 saturated carbocycles. The van der Waals surface area contributed by atoms with Crippen LogP contribution in [-0.2, 0) is 6.54 Å². The highest BCUT2D eigenvalue weighted by Crippen LogP contribution is 2.26. The summed E-state index contributed by atoms with van der Waals surface area (Å²) in [4.78, 5) is 25.1. The van der Waals surface area contributed by atoms with Gasteiger partial charge in [-0.15, -0.1) is 0 Å². The number of benzene rings is 1. The number of rotatable bonds is 2. The van der Waals surface area contributed by atoms with Gasteiger partial charge in [0, 0.05) is 31.1 Å². The Morgan fingerprint density at radius 1 is 1.32 bits per heavy atom. The van der Waals surface area contributed by atoms with Crippen LogP contribution < -0.4 is 5.56 Å². The van der Waals surface area contributed by atoms with Crippen molar-refractivity contribution in [2.24, 2.45) is 0 Å². The third-order valence-corrected chi connectivity index (χ3v) is 5.57. The van der Waals surface area contributed by atoms with Crippen molar-refractivity contribution < 1.29 is 4.42 Å². The minimum Gasteiger partial charge on any atom is -0.449 e. The Kier molecular flexibility index (Phi) is 3.43. The van der Waals surface area contributed by atoms with Gasteiger partial charge in [0.2, 0.25) is 5.58 Å². The molecule has 25 heavy (non-hydrogen) atoms. The molecule has 6 nitrogen and oxygen atoms in total. The molecule has 3 aromatic rings. The molecule has 2 saturated heterocycles. The van der Waals surface area contributed by atoms with E-state index in [2.05, 4.69) is 14.8 Å². The van der Waals surface area contributed by atoms with Gasteiger partial charge in [0.25, 0.3) is 5.56 Å². The predicted molar refractivity (Wildman–Crippen MR) is 96.7 cm³/mol. The first kappa shape index (κ1) is 15.1. The fourth-order valence-corrected chi connectivity index (χ4v) is 4.30. The van der Waals surface area contributed by atoms with Gasteiger partial charge in [-0.3, -0.25) is 14.6 Å². The molecule has 0 unspecified atom stereocenters. The molecule has 2 aromatic heterocycles. The SMILES string of the molecule is Cc1ccc2oc3c(=O)[nH]c(CN4CCN5CCC[C@H]5C4)nc3c2c1. The van der Waals surface area contributed by atoms with E-state index in [9.17, 15) is 4.79 Å². The molecule has 6 heteroatoms. The quantitative estimate of drug-likeness (QED) is 0.776. The highest BCUT2D eigenvalue weighted by Gasteiger charge is 2.30. The van der Waals surface area contributed by atoms with E-state index in [-0.39, 0.29) is 5.56 Å². The smallest absolute Gasteiger partial charge is 0.294 e. The number of furan rings is 1. The summed E-state index contributed by atoms with van der Waals surface area (Å²) in [7, 11) is 0. The van der Waals surface area contributed by atoms with Crippen molar-refractivity contribution in [1.29, 1.82) is 0 Å². The van der Waals surface area contributed by atoms with Crippen molar-refractivity contribution in [2.75, 3.05) is 26.2 Å². The molecule has 4 heterocycles. The summed E-state index contributed by atoms with van der Waals surface area (Å²) in [6, 6.07) is 6.60. The van der Waals surface area contributed by atoms with Crippen molar-refractivity contribution in [3.8, 4) is 0 Å². The largest absolute Gasteiger partial charge is 0.449 e. The molecule has 0 bridgehead atoms. The van der Waals surface area contributed by atoms with Crippen LogP contribution in [0.3, 0.4) is 0 Å². The zero-order valence-corrected chi connectivity index (χ0v) is 14.4. The average Bonchev–Trinajstić information content (AvgIpc) is 3.19. The number of nitrogens with one attached hydrogen (secondary N) is 1. The van der Waals surface area contributed by atoms with Gasteiger partial charge in [0.1, 0.15) is 16.9 Å². The minimum atomic E-state index is -0.187. The number of piperazine rings is 1. The van der Waals surface area contributed by atoms with E-state index in [1.165, 1.54) is 19.4 Å². The monoisotopic (exact) mass is 338 g/mol. The molecule has 0 amide bonds. The molecule has 2 fully saturated rings. The summed E-state index contributed by atoms with van der Waals surface area (Å²) >= 11 is 0. The Balaban J connectivity index is 1.50. The van der Waals surface area contributed by atoms with Crippen LogP contribution in [0.2, 0.25) is 0 Å². The van der Waals surface area contributed by atoms with Crippen LogP contribution in [0.15, 0.2) is 27.4 Å². The molecular weight excluding hydrogens is 316 g/mol. The molecule has 0 radical (unpaired) electrons. The molecule has 0 aliphatic carbocycles. The van der Waals surface area contributed by atoms with Crippen LogP contribution in [-0.4, -0.2) is 52.0 Å². The summed E-state index contributed by atoms with van der Waals surface area (Å²) in [5.41, 5.74) is 2.67. The van der Waals surface area contributed by atoms with Crippen molar-refractivity contribution >= 4 is 22.1 Å². The topological polar surface area (TPSA) is 65.4 Å². The fourth-order valence-electron chi connectivity index (χ4n) is 4.30. The van der Waals surface area contributed by atoms with Gasteiger partial charge in [0.15, 0.2) is 0 Å². The minimum absolute atomic E-state index is 0.187. The van der Waals surface area contributed by atoms with Gasteiger partial charge >= 0.3 is 0 Å². The molecule has 130 valence electrons. The number of aromatic amines is 1. The van der Waals surface area contributed by atoms with Crippen LogP contribution in [0.5, 0.6) is 0 Å². The van der Waals surface area contributed by atoms with Crippen LogP contribution in [0.25, 0.3) is 22.1 Å². The lowest BCUT2D eigenvalue weighted by Crippen LogP contribution is -2.49. The maximum atomic E-state index is 12.5. The Morgan fingerprint density at radius 3 is 3.16 bits per heavy atom. The van der Waals surface area contributed by atoms with Crippen molar-refractivity contribution in [3.63, 3.8) is 0 Å². The lowest BCUT2D eigenvalue weighted by atomic mass is 10.1. The van der Waals surface area contributed by atoms with E-state index in [0.717, 1.165) is 42.0 Å². The summed E-state index contributed by atoms with van der Waals surface area (Å²) in [6.45, 7) is 7.17. The van der Waals surface area contributed by atoms with Crippen molar-refractivity contribution in [1.82, 2.24) is 19.8 Å². The zero-order valence-electron chi connectivity index (χ0n) is 14.4. The molecule has 1 aromatic carbocycles. The third kappa shape index (κ3) is 2.56. The molecule has 1 N–H and O–H groups in total. The van der Waals surface area contributed by atoms with Gasteiger partial charge in [-0.1, -0.05) is 11.6 Å². The normalized spacial score (nSPS) is 22.0. The summed E-state index contributed by atoms with van der Waals surface area (Å²) in [5.74, 6) is 0.730. The van der Waals surface area contributed by atoms with Crippen molar-refractivity contribution in [3.05, 3.63) is 39.9 Å². The maximum Gasteiger partial charge on any atom is 0.294 e. The van der Waals surface area contributed by atoms with E-state index in [1.54, 1.807) is 0 Å². The Hall–Kier alpha value is -2.18. The van der Waals surface area contributed by atoms with Crippen LogP contribution in [0.1, 0.15) is 24.2 Å². The van der Waals surface area contributed by atoms with Gasteiger partial charge in [0.05, 0.1) is 6.54 Å². The van der Waals surface area contributed by atoms with Gasteiger partial charge in [-0.05, 0) is 38.4 Å². The van der Waals surface area contributed by atoms with E-state index in [4.69, 9.17) is 9.40 Å².